The molecule has 0 aliphatic carbocycles. The Morgan fingerprint density at radius 3 is 2.21 bits per heavy atom. The van der Waals surface area contributed by atoms with Crippen molar-refractivity contribution in [3.8, 4) is 0 Å². The maximum Gasteiger partial charge on any atom is 0.314 e. The third-order valence-corrected chi connectivity index (χ3v) is 4.61. The molecule has 0 aliphatic heterocycles. The molecule has 3 rings (SSSR count). The molecule has 2 N–H and O–H groups in total. The maximum atomic E-state index is 13.1. The van der Waals surface area contributed by atoms with E-state index in [1.165, 1.54) is 0 Å². The summed E-state index contributed by atoms with van der Waals surface area (Å²) in [6.45, 7) is 1.68. The largest absolute Gasteiger partial charge is 0.333 e. The molecule has 8 heteroatoms. The van der Waals surface area contributed by atoms with Crippen LogP contribution in [0.25, 0.3) is 11.0 Å². The smallest absolute Gasteiger partial charge is 0.314 e. The van der Waals surface area contributed by atoms with Gasteiger partial charge in [-0.15, -0.1) is 0 Å². The molecule has 1 amide bonds. The molecule has 28 heavy (non-hydrogen) atoms. The van der Waals surface area contributed by atoms with Crippen molar-refractivity contribution in [2.24, 2.45) is 0 Å². The van der Waals surface area contributed by atoms with Crippen LogP contribution in [0.3, 0.4) is 0 Å². The average molecular weight is 401 g/mol. The standard InChI is InChI=1S/C20H21ClN4O3/c1-24(2)9-10-25(12-13-3-6-15(21)7-4-13)20(28)14-5-8-16-17(11-14)23-19(27)18(26)22-16/h3-8,11H,9-10,12H2,1-2H3,(H,22,26)(H,23,27). The number of benzene rings is 2. The van der Waals surface area contributed by atoms with E-state index in [0.717, 1.165) is 5.56 Å². The first-order valence-corrected chi connectivity index (χ1v) is 9.16. The lowest BCUT2D eigenvalue weighted by Crippen LogP contribution is -2.36. The van der Waals surface area contributed by atoms with E-state index < -0.39 is 11.1 Å². The summed E-state index contributed by atoms with van der Waals surface area (Å²) >= 11 is 5.95. The molecule has 0 radical (unpaired) electrons. The first kappa shape index (κ1) is 19.9. The first-order chi connectivity index (χ1) is 13.3. The summed E-state index contributed by atoms with van der Waals surface area (Å²) in [6.07, 6.45) is 0. The molecule has 1 aromatic heterocycles. The van der Waals surface area contributed by atoms with E-state index in [4.69, 9.17) is 11.6 Å². The molecule has 7 nitrogen and oxygen atoms in total. The number of hydrogen-bond donors (Lipinski definition) is 2. The third-order valence-electron chi connectivity index (χ3n) is 4.36. The quantitative estimate of drug-likeness (QED) is 0.620. The number of amides is 1. The van der Waals surface area contributed by atoms with E-state index in [9.17, 15) is 14.4 Å². The van der Waals surface area contributed by atoms with Crippen molar-refractivity contribution in [2.75, 3.05) is 27.2 Å². The molecule has 3 aromatic rings. The third kappa shape index (κ3) is 4.68. The number of fused-ring (bicyclic) bond motifs is 1. The fourth-order valence-corrected chi connectivity index (χ4v) is 2.94. The van der Waals surface area contributed by atoms with Crippen LogP contribution in [0.2, 0.25) is 5.02 Å². The summed E-state index contributed by atoms with van der Waals surface area (Å²) in [5, 5.41) is 0.641. The zero-order valence-corrected chi connectivity index (χ0v) is 16.4. The van der Waals surface area contributed by atoms with Gasteiger partial charge in [0.25, 0.3) is 5.91 Å². The van der Waals surface area contributed by atoms with Crippen molar-refractivity contribution >= 4 is 28.5 Å². The Kier molecular flexibility index (Phi) is 5.96. The lowest BCUT2D eigenvalue weighted by atomic mass is 10.1. The van der Waals surface area contributed by atoms with Crippen LogP contribution >= 0.6 is 11.6 Å². The van der Waals surface area contributed by atoms with Gasteiger partial charge in [-0.25, -0.2) is 0 Å². The van der Waals surface area contributed by atoms with Gasteiger partial charge in [0.1, 0.15) is 0 Å². The van der Waals surface area contributed by atoms with Crippen LogP contribution in [0.15, 0.2) is 52.1 Å². The molecule has 0 saturated carbocycles. The summed E-state index contributed by atoms with van der Waals surface area (Å²) in [5.74, 6) is -0.161. The number of rotatable bonds is 6. The number of carbonyl (C=O) groups excluding carboxylic acids is 1. The molecule has 0 aliphatic rings. The van der Waals surface area contributed by atoms with Gasteiger partial charge in [-0.2, -0.15) is 0 Å². The number of halogens is 1. The Morgan fingerprint density at radius 1 is 0.929 bits per heavy atom. The highest BCUT2D eigenvalue weighted by atomic mass is 35.5. The summed E-state index contributed by atoms with van der Waals surface area (Å²) in [6, 6.07) is 12.2. The van der Waals surface area contributed by atoms with Gasteiger partial charge in [0, 0.05) is 30.2 Å². The summed E-state index contributed by atoms with van der Waals surface area (Å²) in [7, 11) is 3.89. The fraction of sp³-hybridized carbons (Fsp3) is 0.250. The number of nitrogens with one attached hydrogen (secondary N) is 2. The zero-order valence-electron chi connectivity index (χ0n) is 15.7. The second-order valence-electron chi connectivity index (χ2n) is 6.83. The second-order valence-corrected chi connectivity index (χ2v) is 7.26. The van der Waals surface area contributed by atoms with Crippen LogP contribution in [0, 0.1) is 0 Å². The molecular weight excluding hydrogens is 380 g/mol. The van der Waals surface area contributed by atoms with Crippen molar-refractivity contribution in [2.45, 2.75) is 6.54 Å². The summed E-state index contributed by atoms with van der Waals surface area (Å²) < 4.78 is 0. The molecular formula is C20H21ClN4O3. The predicted molar refractivity (Wildman–Crippen MR) is 110 cm³/mol. The lowest BCUT2D eigenvalue weighted by Gasteiger charge is -2.25. The van der Waals surface area contributed by atoms with Crippen molar-refractivity contribution < 1.29 is 4.79 Å². The molecule has 146 valence electrons. The molecule has 0 spiro atoms. The van der Waals surface area contributed by atoms with Crippen LogP contribution < -0.4 is 11.1 Å². The van der Waals surface area contributed by atoms with Crippen molar-refractivity contribution in [3.05, 3.63) is 79.3 Å². The van der Waals surface area contributed by atoms with E-state index in [1.807, 2.05) is 31.1 Å². The Labute approximate surface area is 166 Å². The van der Waals surface area contributed by atoms with Gasteiger partial charge >= 0.3 is 11.1 Å². The number of H-pyrrole nitrogens is 2. The molecule has 2 aromatic carbocycles. The number of aromatic amines is 2. The molecule has 0 unspecified atom stereocenters. The molecule has 1 heterocycles. The van der Waals surface area contributed by atoms with Crippen molar-refractivity contribution in [3.63, 3.8) is 0 Å². The van der Waals surface area contributed by atoms with Gasteiger partial charge in [0.05, 0.1) is 11.0 Å². The summed E-state index contributed by atoms with van der Waals surface area (Å²) in [4.78, 5) is 44.9. The predicted octanol–water partition coefficient (Wildman–Crippen LogP) is 2.07. The number of hydrogen-bond acceptors (Lipinski definition) is 4. The molecule has 0 fully saturated rings. The fourth-order valence-electron chi connectivity index (χ4n) is 2.81. The van der Waals surface area contributed by atoms with Gasteiger partial charge in [0.2, 0.25) is 0 Å². The molecule has 0 saturated heterocycles. The van der Waals surface area contributed by atoms with E-state index >= 15 is 0 Å². The van der Waals surface area contributed by atoms with Gasteiger partial charge < -0.3 is 19.8 Å². The van der Waals surface area contributed by atoms with Crippen LogP contribution in [-0.2, 0) is 6.54 Å². The number of nitrogens with zero attached hydrogens (tertiary/aromatic N) is 2. The minimum Gasteiger partial charge on any atom is -0.333 e. The molecule has 0 bridgehead atoms. The van der Waals surface area contributed by atoms with E-state index in [-0.39, 0.29) is 5.91 Å². The summed E-state index contributed by atoms with van der Waals surface area (Å²) in [5.41, 5.74) is 0.816. The highest BCUT2D eigenvalue weighted by molar-refractivity contribution is 6.30. The van der Waals surface area contributed by atoms with Gasteiger partial charge in [0.15, 0.2) is 0 Å². The molecule has 0 atom stereocenters. The van der Waals surface area contributed by atoms with Gasteiger partial charge in [-0.1, -0.05) is 23.7 Å². The minimum atomic E-state index is -0.747. The first-order valence-electron chi connectivity index (χ1n) is 8.78. The Balaban J connectivity index is 1.91. The minimum absolute atomic E-state index is 0.161. The lowest BCUT2D eigenvalue weighted by molar-refractivity contribution is 0.0732. The van der Waals surface area contributed by atoms with Crippen molar-refractivity contribution in [1.29, 1.82) is 0 Å². The zero-order chi connectivity index (χ0) is 20.3. The number of carbonyl (C=O) groups is 1. The highest BCUT2D eigenvalue weighted by Crippen LogP contribution is 2.16. The SMILES string of the molecule is CN(C)CCN(Cc1ccc(Cl)cc1)C(=O)c1ccc2[nH]c(=O)c(=O)[nH]c2c1. The van der Waals surface area contributed by atoms with Gasteiger partial charge in [-0.3, -0.25) is 14.4 Å². The Hall–Kier alpha value is -2.90. The monoisotopic (exact) mass is 400 g/mol. The number of aromatic nitrogens is 2. The normalized spacial score (nSPS) is 11.1. The van der Waals surface area contributed by atoms with Crippen LogP contribution in [0.5, 0.6) is 0 Å². The van der Waals surface area contributed by atoms with Crippen LogP contribution in [0.4, 0.5) is 0 Å². The topological polar surface area (TPSA) is 89.3 Å². The van der Waals surface area contributed by atoms with Gasteiger partial charge in [-0.05, 0) is 50.0 Å². The van der Waals surface area contributed by atoms with E-state index in [2.05, 4.69) is 9.97 Å². The van der Waals surface area contributed by atoms with Crippen LogP contribution in [-0.4, -0.2) is 52.9 Å². The Bertz CT molecular complexity index is 1100. The maximum absolute atomic E-state index is 13.1. The van der Waals surface area contributed by atoms with E-state index in [1.54, 1.807) is 35.2 Å². The highest BCUT2D eigenvalue weighted by Gasteiger charge is 2.17. The van der Waals surface area contributed by atoms with Crippen molar-refractivity contribution in [1.82, 2.24) is 19.8 Å². The Morgan fingerprint density at radius 2 is 1.57 bits per heavy atom. The number of likely N-dealkylation sites (N-methyl/N-ethyl adjacent to an activating group) is 1. The average Bonchev–Trinajstić information content (AvgIpc) is 2.66. The van der Waals surface area contributed by atoms with E-state index in [0.29, 0.717) is 41.3 Å². The second kappa shape index (κ2) is 8.41. The van der Waals surface area contributed by atoms with Crippen LogP contribution in [0.1, 0.15) is 15.9 Å².